The van der Waals surface area contributed by atoms with E-state index in [1.165, 1.54) is 37.4 Å². The molecule has 10 atom stereocenters. The first-order chi connectivity index (χ1) is 44.9. The van der Waals surface area contributed by atoms with E-state index in [0.717, 1.165) is 28.5 Å². The number of carbonyl (C=O) groups is 9. The number of carboxylic acid groups (broad SMARTS) is 1. The molecule has 0 saturated carbocycles. The minimum absolute atomic E-state index is 0.0616. The molecule has 1 fully saturated rings. The number of halogens is 1. The second-order valence-electron chi connectivity index (χ2n) is 25.5. The first kappa shape index (κ1) is 75.7. The van der Waals surface area contributed by atoms with Crippen molar-refractivity contribution in [1.29, 1.82) is 0 Å². The van der Waals surface area contributed by atoms with Gasteiger partial charge in [0.15, 0.2) is 12.6 Å². The van der Waals surface area contributed by atoms with Crippen LogP contribution in [-0.2, 0) is 67.3 Å². The van der Waals surface area contributed by atoms with Gasteiger partial charge in [0.25, 0.3) is 14.3 Å². The predicted molar refractivity (Wildman–Crippen MR) is 364 cm³/mol. The quantitative estimate of drug-likeness (QED) is 0.0112. The molecular formula is C66H88FN11O14S2Si. The molecule has 6 rings (SSSR count). The number of aliphatic hydroxyl groups is 2. The summed E-state index contributed by atoms with van der Waals surface area (Å²) in [6.45, 7) is 13.2. The Balaban J connectivity index is 1.37. The largest absolute Gasteiger partial charge is 0.508 e. The smallest absolute Gasteiger partial charge is 0.328 e. The van der Waals surface area contributed by atoms with E-state index in [9.17, 15) is 54.0 Å². The number of para-hydroxylation sites is 1. The van der Waals surface area contributed by atoms with Gasteiger partial charge in [0, 0.05) is 47.9 Å². The van der Waals surface area contributed by atoms with Crippen molar-refractivity contribution in [3.05, 3.63) is 132 Å². The van der Waals surface area contributed by atoms with Gasteiger partial charge in [-0.25, -0.2) is 4.79 Å². The normalized spacial score (nSPS) is 20.5. The number of aromatic hydroxyl groups is 1. The minimum atomic E-state index is -3.56. The molecule has 1 aliphatic rings. The second-order valence-corrected chi connectivity index (χ2v) is 32.9. The molecule has 1 saturated heterocycles. The number of carbonyl (C=O) groups excluding carboxylic acids is 8. The number of nitrogens with zero attached hydrogens (tertiary/aromatic N) is 1. The molecule has 15 N–H and O–H groups in total. The van der Waals surface area contributed by atoms with Crippen LogP contribution in [0.5, 0.6) is 5.75 Å². The highest BCUT2D eigenvalue weighted by atomic mass is 33.1. The van der Waals surface area contributed by atoms with Crippen LogP contribution >= 0.6 is 21.6 Å². The number of oxime groups is 1. The van der Waals surface area contributed by atoms with Crippen molar-refractivity contribution in [1.82, 2.24) is 47.5 Å². The highest BCUT2D eigenvalue weighted by Gasteiger charge is 2.56. The van der Waals surface area contributed by atoms with Crippen molar-refractivity contribution >= 4 is 106 Å². The highest BCUT2D eigenvalue weighted by molar-refractivity contribution is 8.76. The molecule has 0 radical (unpaired) electrons. The summed E-state index contributed by atoms with van der Waals surface area (Å²) in [6, 6.07) is 15.5. The molecule has 8 amide bonds. The SMILES string of the molecule is C[C@H](O)[C@H](NC(=O)[C@@H]1CSSC[C@H](NC(=O)[C@@H](Cc2ccccc2)NC(=O)CO/N=C/c2ccc([Si]([18F])(C(C)(C)C)C(C)(C)C)cc2)C(=O)N[C@@H](Cc2ccc(O)cc2)C(=O)N[C@H](Cc2c[nH]c3ccccc23)C(=O)N[C@@H](CCCCN)C(=O)N[C@@H]([C@@H](C)O)C(=O)N1)C(=O)O. The molecule has 2 heterocycles. The van der Waals surface area contributed by atoms with Crippen LogP contribution in [0.3, 0.4) is 0 Å². The number of nitrogens with two attached hydrogens (primary N) is 1. The lowest BCUT2D eigenvalue weighted by Crippen LogP contribution is -2.62. The zero-order chi connectivity index (χ0) is 69.8. The van der Waals surface area contributed by atoms with Crippen molar-refractivity contribution in [2.75, 3.05) is 24.7 Å². The lowest BCUT2D eigenvalue weighted by atomic mass is 10.0. The average Bonchev–Trinajstić information content (AvgIpc) is 1.53. The van der Waals surface area contributed by atoms with Crippen LogP contribution in [0.15, 0.2) is 114 Å². The summed E-state index contributed by atoms with van der Waals surface area (Å²) in [5.41, 5.74) is 8.65. The van der Waals surface area contributed by atoms with Crippen LogP contribution in [-0.4, -0.2) is 178 Å². The lowest BCUT2D eigenvalue weighted by molar-refractivity contribution is -0.145. The van der Waals surface area contributed by atoms with Gasteiger partial charge in [-0.1, -0.05) is 153 Å². The number of amides is 8. The Hall–Kier alpha value is -8.35. The van der Waals surface area contributed by atoms with E-state index in [2.05, 4.69) is 52.7 Å². The Morgan fingerprint density at radius 1 is 0.726 bits per heavy atom. The number of unbranched alkanes of at least 4 members (excludes halogenated alkanes) is 1. The third-order valence-corrected chi connectivity index (χ3v) is 23.7. The van der Waals surface area contributed by atoms with E-state index in [0.29, 0.717) is 44.8 Å². The minimum Gasteiger partial charge on any atom is -0.508 e. The van der Waals surface area contributed by atoms with E-state index in [1.807, 2.05) is 41.5 Å². The number of aliphatic hydroxyl groups excluding tert-OH is 2. The number of aliphatic carboxylic acids is 1. The number of rotatable bonds is 23. The number of nitrogens with one attached hydrogen (secondary N) is 9. The van der Waals surface area contributed by atoms with E-state index in [1.54, 1.807) is 85.1 Å². The zero-order valence-corrected chi connectivity index (χ0v) is 57.0. The standard InChI is InChI=1S/C66H88FN11O14S2Si/c1-38(79)55-63(89)76-53(62(88)78-56(39(2)80)64(90)91)37-94-93-36-52(75-58(84)49(30-40-16-10-9-11-17-40)71-54(82)35-92-70-33-42-23-27-45(28-24-42)95(67,65(3,4)5)66(6,7)8)61(87)73-50(31-41-21-25-44(81)26-22-41)59(85)74-51(32-43-34-69-47-19-13-12-18-46(43)47)60(86)72-48(57(83)77-55)20-14-15-29-68/h9-13,16-19,21-28,33-34,38-39,48-53,55-56,69,79-81H,14-15,20,29-32,35-37,68H2,1-8H3,(H,71,82)(H,72,86)(H,73,87)(H,74,85)(H,75,84)(H,76,89)(H,77,83)(H,78,88)(H,90,91)/b70-33+/t38-,39+,48+,49-,50+,51-,52+,53+,55+,56+/m1/s1/i67-1. The number of aromatic nitrogens is 1. The monoisotopic (exact) mass is 1370 g/mol. The average molecular weight is 1370 g/mol. The number of fused-ring (bicyclic) bond motifs is 1. The summed E-state index contributed by atoms with van der Waals surface area (Å²) in [7, 11) is -1.83. The molecule has 25 nitrogen and oxygen atoms in total. The van der Waals surface area contributed by atoms with Gasteiger partial charge >= 0.3 is 5.97 Å². The van der Waals surface area contributed by atoms with Gasteiger partial charge in [-0.05, 0) is 95.4 Å². The summed E-state index contributed by atoms with van der Waals surface area (Å²) in [5.74, 6) is -10.2. The van der Waals surface area contributed by atoms with Crippen molar-refractivity contribution in [3.8, 4) is 5.75 Å². The molecule has 5 aromatic rings. The van der Waals surface area contributed by atoms with Gasteiger partial charge in [0.2, 0.25) is 41.4 Å². The first-order valence-electron chi connectivity index (χ1n) is 31.2. The maximum Gasteiger partial charge on any atom is 0.328 e. The number of aromatic amines is 1. The van der Waals surface area contributed by atoms with Gasteiger partial charge in [-0.2, -0.15) is 0 Å². The summed E-state index contributed by atoms with van der Waals surface area (Å²) < 4.78 is 17.0. The van der Waals surface area contributed by atoms with Crippen molar-refractivity contribution in [2.45, 2.75) is 165 Å². The summed E-state index contributed by atoms with van der Waals surface area (Å²) in [6.07, 6.45) is -0.280. The number of hydrogen-bond donors (Lipinski definition) is 14. The van der Waals surface area contributed by atoms with Crippen molar-refractivity contribution in [2.24, 2.45) is 10.9 Å². The topological polar surface area (TPSA) is 394 Å². The molecule has 0 bridgehead atoms. The maximum atomic E-state index is 17.0. The lowest BCUT2D eigenvalue weighted by Gasteiger charge is -2.44. The molecular weight excluding hydrogens is 1280 g/mol. The van der Waals surface area contributed by atoms with Gasteiger partial charge < -0.3 is 82.6 Å². The van der Waals surface area contributed by atoms with Crippen LogP contribution in [0.2, 0.25) is 10.1 Å². The molecule has 95 heavy (non-hydrogen) atoms. The van der Waals surface area contributed by atoms with Crippen LogP contribution in [0, 0.1) is 0 Å². The predicted octanol–water partition coefficient (Wildman–Crippen LogP) is 2.92. The van der Waals surface area contributed by atoms with Crippen molar-refractivity contribution < 1.29 is 72.5 Å². The Morgan fingerprint density at radius 3 is 1.95 bits per heavy atom. The molecule has 1 aromatic heterocycles. The summed E-state index contributed by atoms with van der Waals surface area (Å²) in [5, 5.41) is 66.3. The maximum absolute atomic E-state index is 17.0. The number of hydrogen-bond acceptors (Lipinski definition) is 17. The van der Waals surface area contributed by atoms with Gasteiger partial charge in [0.05, 0.1) is 18.4 Å². The van der Waals surface area contributed by atoms with E-state index >= 15 is 13.7 Å². The first-order valence-corrected chi connectivity index (χ1v) is 35.5. The zero-order valence-electron chi connectivity index (χ0n) is 54.4. The Bertz CT molecular complexity index is 3470. The van der Waals surface area contributed by atoms with E-state index in [4.69, 9.17) is 10.6 Å². The van der Waals surface area contributed by atoms with E-state index < -0.39 is 145 Å². The second kappa shape index (κ2) is 34.9. The Kier molecular flexibility index (Phi) is 27.8. The van der Waals surface area contributed by atoms with Gasteiger partial charge in [0.1, 0.15) is 48.0 Å². The summed E-state index contributed by atoms with van der Waals surface area (Å²) >= 11 is 0. The van der Waals surface area contributed by atoms with Crippen LogP contribution < -0.4 is 53.5 Å². The highest BCUT2D eigenvalue weighted by Crippen LogP contribution is 2.51. The third-order valence-electron chi connectivity index (χ3n) is 16.0. The number of phenols is 1. The summed E-state index contributed by atoms with van der Waals surface area (Å²) in [4.78, 5) is 137. The fraction of sp³-hybridized carbons (Fsp3) is 0.455. The molecule has 0 aliphatic carbocycles. The molecule has 514 valence electrons. The number of H-pyrrole nitrogens is 1. The Morgan fingerprint density at radius 2 is 1.33 bits per heavy atom. The van der Waals surface area contributed by atoms with Gasteiger partial charge in [-0.15, -0.1) is 0 Å². The fourth-order valence-corrected chi connectivity index (χ4v) is 18.0. The van der Waals surface area contributed by atoms with Gasteiger partial charge in [-0.3, -0.25) is 38.4 Å². The molecule has 4 aromatic carbocycles. The van der Waals surface area contributed by atoms with Crippen LogP contribution in [0.25, 0.3) is 10.9 Å². The number of benzene rings is 4. The molecule has 1 aliphatic heterocycles. The molecule has 0 unspecified atom stereocenters. The van der Waals surface area contributed by atoms with Crippen LogP contribution in [0.4, 0.5) is 4.11 Å². The fourth-order valence-electron chi connectivity index (χ4n) is 11.1. The molecule has 0 spiro atoms. The Labute approximate surface area is 560 Å². The number of carboxylic acids is 1. The van der Waals surface area contributed by atoms with Crippen LogP contribution in [0.1, 0.15) is 96.9 Å². The molecule has 29 heteroatoms. The van der Waals surface area contributed by atoms with Crippen molar-refractivity contribution in [3.63, 3.8) is 0 Å². The third kappa shape index (κ3) is 21.6. The van der Waals surface area contributed by atoms with E-state index in [-0.39, 0.29) is 50.2 Å². The number of phenolic OH excluding ortho intramolecular Hbond substituents is 1.